The zero-order valence-corrected chi connectivity index (χ0v) is 22.2. The van der Waals surface area contributed by atoms with E-state index in [1.165, 1.54) is 31.6 Å². The van der Waals surface area contributed by atoms with E-state index in [0.29, 0.717) is 72.3 Å². The maximum Gasteiger partial charge on any atom is 0.219 e. The predicted molar refractivity (Wildman–Crippen MR) is 147 cm³/mol. The van der Waals surface area contributed by atoms with Gasteiger partial charge in [-0.3, -0.25) is 0 Å². The molecule has 2 aromatic heterocycles. The van der Waals surface area contributed by atoms with Crippen molar-refractivity contribution >= 4 is 39.7 Å². The second-order valence-electron chi connectivity index (χ2n) is 8.81. The molecule has 1 fully saturated rings. The molecule has 13 heteroatoms. The molecule has 1 saturated heterocycles. The van der Waals surface area contributed by atoms with E-state index in [4.69, 9.17) is 25.2 Å². The molecule has 0 saturated carbocycles. The van der Waals surface area contributed by atoms with Gasteiger partial charge in [0.2, 0.25) is 5.95 Å². The normalized spacial score (nSPS) is 14.4. The molecule has 0 bridgehead atoms. The highest BCUT2D eigenvalue weighted by atomic mass is 32.2. The lowest BCUT2D eigenvalue weighted by Gasteiger charge is -2.29. The van der Waals surface area contributed by atoms with Crippen LogP contribution in [0.25, 0.3) is 33.4 Å². The molecule has 5 rings (SSSR count). The Bertz CT molecular complexity index is 1490. The van der Waals surface area contributed by atoms with Crippen LogP contribution in [0.5, 0.6) is 5.75 Å². The van der Waals surface area contributed by atoms with Gasteiger partial charge in [0.15, 0.2) is 11.6 Å². The Morgan fingerprint density at radius 1 is 1.13 bits per heavy atom. The van der Waals surface area contributed by atoms with E-state index in [2.05, 4.69) is 14.7 Å². The van der Waals surface area contributed by atoms with Crippen LogP contribution in [0.4, 0.5) is 26.2 Å². The molecule has 10 nitrogen and oxygen atoms in total. The Hall–Kier alpha value is -3.81. The summed E-state index contributed by atoms with van der Waals surface area (Å²) in [6.45, 7) is 3.97. The van der Waals surface area contributed by atoms with Crippen LogP contribution in [-0.4, -0.2) is 63.7 Å². The third kappa shape index (κ3) is 5.51. The quantitative estimate of drug-likeness (QED) is 0.308. The minimum absolute atomic E-state index is 0.0550. The topological polar surface area (TPSA) is 134 Å². The van der Waals surface area contributed by atoms with Crippen LogP contribution < -0.4 is 20.1 Å². The van der Waals surface area contributed by atoms with Crippen molar-refractivity contribution in [1.82, 2.24) is 19.9 Å². The number of morpholine rings is 1. The molecule has 0 amide bonds. The van der Waals surface area contributed by atoms with Gasteiger partial charge in [0.05, 0.1) is 42.8 Å². The van der Waals surface area contributed by atoms with E-state index in [9.17, 15) is 4.55 Å². The van der Waals surface area contributed by atoms with Crippen molar-refractivity contribution in [3.8, 4) is 28.3 Å². The number of nitrogens with one attached hydrogen (secondary N) is 1. The standard InChI is InChI=1S/C26H27F2N7O3S/c1-3-10-39(36)34-19-5-4-18(27)21(22(19)28)15-11-17-23(20(12-15)37-2)32-24(16-13-30-26(29)31-14-16)33-25(17)35-6-8-38-9-7-35/h4-5,11-14,34H,3,6-10H2,1-2H3,(H2,29,30,31). The van der Waals surface area contributed by atoms with E-state index in [0.717, 1.165) is 6.07 Å². The van der Waals surface area contributed by atoms with E-state index >= 15 is 8.78 Å². The van der Waals surface area contributed by atoms with E-state index < -0.39 is 23.0 Å². The Labute approximate surface area is 226 Å². The van der Waals surface area contributed by atoms with Crippen LogP contribution in [0.1, 0.15) is 13.3 Å². The number of anilines is 3. The first-order valence-electron chi connectivity index (χ1n) is 12.3. The van der Waals surface area contributed by atoms with Crippen molar-refractivity contribution in [3.63, 3.8) is 0 Å². The van der Waals surface area contributed by atoms with Gasteiger partial charge in [0.25, 0.3) is 0 Å². The first-order chi connectivity index (χ1) is 18.9. The van der Waals surface area contributed by atoms with Crippen molar-refractivity contribution in [2.24, 2.45) is 0 Å². The van der Waals surface area contributed by atoms with Crippen LogP contribution >= 0.6 is 0 Å². The monoisotopic (exact) mass is 555 g/mol. The molecule has 39 heavy (non-hydrogen) atoms. The van der Waals surface area contributed by atoms with E-state index in [-0.39, 0.29) is 22.8 Å². The largest absolute Gasteiger partial charge is 0.593 e. The second-order valence-corrected chi connectivity index (χ2v) is 10.1. The predicted octanol–water partition coefficient (Wildman–Crippen LogP) is 3.95. The number of rotatable bonds is 8. The van der Waals surface area contributed by atoms with Gasteiger partial charge in [-0.2, -0.15) is 0 Å². The number of hydrogen-bond acceptors (Lipinski definition) is 10. The highest BCUT2D eigenvalue weighted by Crippen LogP contribution is 2.40. The lowest BCUT2D eigenvalue weighted by Crippen LogP contribution is -2.37. The van der Waals surface area contributed by atoms with Crippen molar-refractivity contribution in [3.05, 3.63) is 48.3 Å². The number of nitrogens with zero attached hydrogens (tertiary/aromatic N) is 5. The minimum atomic E-state index is -1.50. The number of aromatic nitrogens is 4. The summed E-state index contributed by atoms with van der Waals surface area (Å²) in [5, 5.41) is 0.540. The molecule has 0 aliphatic carbocycles. The Kier molecular flexibility index (Phi) is 7.91. The van der Waals surface area contributed by atoms with Gasteiger partial charge in [-0.25, -0.2) is 33.4 Å². The van der Waals surface area contributed by atoms with Gasteiger partial charge >= 0.3 is 0 Å². The summed E-state index contributed by atoms with van der Waals surface area (Å²) in [4.78, 5) is 19.6. The first kappa shape index (κ1) is 26.8. The molecule has 4 aromatic rings. The van der Waals surface area contributed by atoms with Crippen LogP contribution in [-0.2, 0) is 16.1 Å². The smallest absolute Gasteiger partial charge is 0.219 e. The summed E-state index contributed by atoms with van der Waals surface area (Å²) in [6, 6.07) is 5.55. The van der Waals surface area contributed by atoms with Gasteiger partial charge in [-0.05, 0) is 36.2 Å². The number of halogens is 2. The lowest BCUT2D eigenvalue weighted by molar-refractivity contribution is 0.122. The van der Waals surface area contributed by atoms with Gasteiger partial charge < -0.3 is 24.7 Å². The fraction of sp³-hybridized carbons (Fsp3) is 0.308. The lowest BCUT2D eigenvalue weighted by atomic mass is 10.0. The number of benzene rings is 2. The molecule has 3 N–H and O–H groups in total. The molecular weight excluding hydrogens is 528 g/mol. The van der Waals surface area contributed by atoms with Crippen molar-refractivity contribution < 1.29 is 22.8 Å². The molecular formula is C26H27F2N7O3S. The molecule has 204 valence electrons. The van der Waals surface area contributed by atoms with Crippen molar-refractivity contribution in [2.75, 3.05) is 54.5 Å². The summed E-state index contributed by atoms with van der Waals surface area (Å²) < 4.78 is 56.9. The Morgan fingerprint density at radius 3 is 2.56 bits per heavy atom. The average molecular weight is 556 g/mol. The van der Waals surface area contributed by atoms with Gasteiger partial charge in [-0.15, -0.1) is 0 Å². The fourth-order valence-corrected chi connectivity index (χ4v) is 5.21. The van der Waals surface area contributed by atoms with Crippen molar-refractivity contribution in [1.29, 1.82) is 0 Å². The SMILES string of the molecule is CCC[S+]([O-])Nc1ccc(F)c(-c2cc(OC)c3nc(-c4cnc(N)nc4)nc(N4CCOCC4)c3c2)c1F. The van der Waals surface area contributed by atoms with Crippen LogP contribution in [0.3, 0.4) is 0 Å². The highest BCUT2D eigenvalue weighted by molar-refractivity contribution is 7.92. The highest BCUT2D eigenvalue weighted by Gasteiger charge is 2.24. The molecule has 3 heterocycles. The Balaban J connectivity index is 1.71. The molecule has 1 aliphatic heterocycles. The molecule has 1 atom stereocenters. The molecule has 0 spiro atoms. The average Bonchev–Trinajstić information content (AvgIpc) is 2.94. The summed E-state index contributed by atoms with van der Waals surface area (Å²) in [5.74, 6) is 0.0117. The summed E-state index contributed by atoms with van der Waals surface area (Å²) in [7, 11) is 1.46. The second kappa shape index (κ2) is 11.5. The van der Waals surface area contributed by atoms with E-state index in [1.54, 1.807) is 6.07 Å². The number of nitrogens with two attached hydrogens (primary N) is 1. The third-order valence-corrected chi connectivity index (χ3v) is 7.43. The van der Waals surface area contributed by atoms with Crippen molar-refractivity contribution in [2.45, 2.75) is 13.3 Å². The maximum atomic E-state index is 15.7. The minimum Gasteiger partial charge on any atom is -0.593 e. The molecule has 0 radical (unpaired) electrons. The maximum absolute atomic E-state index is 15.7. The third-order valence-electron chi connectivity index (χ3n) is 6.20. The first-order valence-corrected chi connectivity index (χ1v) is 13.6. The molecule has 1 unspecified atom stereocenters. The number of hydrogen-bond donors (Lipinski definition) is 2. The number of methoxy groups -OCH3 is 1. The number of nitrogen functional groups attached to an aromatic ring is 1. The zero-order chi connectivity index (χ0) is 27.5. The molecule has 2 aromatic carbocycles. The zero-order valence-electron chi connectivity index (χ0n) is 21.4. The van der Waals surface area contributed by atoms with Crippen LogP contribution in [0.2, 0.25) is 0 Å². The summed E-state index contributed by atoms with van der Waals surface area (Å²) in [6.07, 6.45) is 3.70. The van der Waals surface area contributed by atoms with Gasteiger partial charge in [0.1, 0.15) is 34.3 Å². The Morgan fingerprint density at radius 2 is 1.87 bits per heavy atom. The van der Waals surface area contributed by atoms with Gasteiger partial charge in [-0.1, -0.05) is 6.92 Å². The summed E-state index contributed by atoms with van der Waals surface area (Å²) >= 11 is -1.50. The number of fused-ring (bicyclic) bond motifs is 1. The summed E-state index contributed by atoms with van der Waals surface area (Å²) in [5.41, 5.74) is 6.53. The van der Waals surface area contributed by atoms with Crippen LogP contribution in [0, 0.1) is 11.6 Å². The van der Waals surface area contributed by atoms with Gasteiger partial charge in [0, 0.05) is 30.9 Å². The number of ether oxygens (including phenoxy) is 2. The fourth-order valence-electron chi connectivity index (χ4n) is 4.34. The van der Waals surface area contributed by atoms with Crippen LogP contribution in [0.15, 0.2) is 36.7 Å². The van der Waals surface area contributed by atoms with E-state index in [1.807, 2.05) is 11.8 Å². The molecule has 1 aliphatic rings.